The molecule has 0 bridgehead atoms. The molecule has 5 aromatic carbocycles. The van der Waals surface area contributed by atoms with Gasteiger partial charge in [-0.1, -0.05) is 66.7 Å². The molecular weight excluding hydrogens is 1660 g/mol. The summed E-state index contributed by atoms with van der Waals surface area (Å²) in [7, 11) is 0. The molecule has 2 unspecified atom stereocenters. The standard InChI is InChI=1S/C81H105N15O30/c82-51-16-11-45(12-17-51)35-60(88-65(101)23-20-55(76(116)117)84-29-31-96(44-70(109)110)33-32-95(43-69(107)108)30-28-83-42-68(105)106)73(113)91-61(36-46-13-18-52(97)19-14-46)75(115)92-62(37-47-10-15-48-6-1-2-7-49(48)34-47)74(114)89-57(78(120)121)8-3-4-26-86-72(112)63(90-71(111)50-38-53(98)40-54(99)39-50)41-66(102)85-27-5-9-56(77(118)119)87-64(100)24-21-58(79(122)123)93-81(126)94-59(80(124)125)22-25-67(103)104/h1-2,6-7,10-19,34,38-40,55-63,83-84,97-99H,3-5,8-9,20-33,35-37,41-44,82H2,(H,85,102)(H,86,112)(H,87,100)(H,88,101)(H,89,114)(H,90,111)(H,91,113)(H,92,115)(H,103,104)(H,105,106)(H,107,108)(H,109,110)(H,116,117)(H,118,119)(H,120,121)(H,122,123)(H,124,125)(H2,93,94,126)/t55?,56?,57-,58+,59+,60+,61-,62-,63-/m1/s1. The van der Waals surface area contributed by atoms with Crippen LogP contribution < -0.4 is 69.5 Å². The Morgan fingerprint density at radius 2 is 0.786 bits per heavy atom. The number of nitrogens with zero attached hydrogens (tertiary/aromatic N) is 2. The number of urea groups is 1. The number of carbonyl (C=O) groups is 18. The average Bonchev–Trinajstić information content (AvgIpc) is 1.38. The van der Waals surface area contributed by atoms with Crippen molar-refractivity contribution in [1.29, 1.82) is 0 Å². The minimum Gasteiger partial charge on any atom is -0.508 e. The van der Waals surface area contributed by atoms with Crippen molar-refractivity contribution in [3.05, 3.63) is 131 Å². The first-order valence-electron chi connectivity index (χ1n) is 39.7. The second kappa shape index (κ2) is 52.9. The van der Waals surface area contributed by atoms with Gasteiger partial charge in [-0.15, -0.1) is 0 Å². The summed E-state index contributed by atoms with van der Waals surface area (Å²) in [5.74, 6) is -21.9. The number of aromatic hydroxyl groups is 3. The molecular formula is C81H105N15O30. The van der Waals surface area contributed by atoms with Crippen LogP contribution in [-0.4, -0.2) is 304 Å². The van der Waals surface area contributed by atoms with Crippen LogP contribution in [0.1, 0.15) is 104 Å². The Kier molecular flexibility index (Phi) is 42.9. The largest absolute Gasteiger partial charge is 0.508 e. The van der Waals surface area contributed by atoms with Gasteiger partial charge in [0.05, 0.1) is 26.1 Å². The van der Waals surface area contributed by atoms with Crippen molar-refractivity contribution in [3.63, 3.8) is 0 Å². The molecule has 45 heteroatoms. The maximum absolute atomic E-state index is 15.1. The SMILES string of the molecule is Nc1ccc(C[C@H](NC(=O)CCC(NCCN(CCN(CCNCC(=O)O)CC(=O)O)CC(=O)O)C(=O)O)C(=O)N[C@H](Cc2ccc(O)cc2)C(=O)N[C@H](Cc2ccc3ccccc3c2)C(=O)N[C@H](CCCCNC(=O)[C@@H](CC(=O)NCCCC(NC(=O)CC[C@H](NC(=O)N[C@@H](CCC(=O)O)C(=O)O)C(=O)O)C(=O)O)NC(=O)c2cc(O)cc(O)c2)C(=O)O)cc1. The van der Waals surface area contributed by atoms with Crippen LogP contribution in [0.2, 0.25) is 0 Å². The van der Waals surface area contributed by atoms with Crippen molar-refractivity contribution in [3.8, 4) is 17.2 Å². The van der Waals surface area contributed by atoms with Crippen molar-refractivity contribution in [2.24, 2.45) is 0 Å². The molecule has 0 fully saturated rings. The number of hydrogen-bond acceptors (Lipinski definition) is 26. The lowest BCUT2D eigenvalue weighted by molar-refractivity contribution is -0.143. The van der Waals surface area contributed by atoms with Crippen molar-refractivity contribution < 1.29 is 148 Å². The Labute approximate surface area is 719 Å². The molecule has 0 aliphatic rings. The van der Waals surface area contributed by atoms with Crippen molar-refractivity contribution >= 4 is 123 Å². The molecule has 0 aromatic heterocycles. The molecule has 5 aromatic rings. The minimum atomic E-state index is -1.81. The van der Waals surface area contributed by atoms with Gasteiger partial charge in [0, 0.05) is 108 Å². The fourth-order valence-electron chi connectivity index (χ4n) is 12.7. The third kappa shape index (κ3) is 39.2. The van der Waals surface area contributed by atoms with Crippen LogP contribution in [0, 0.1) is 0 Å². The van der Waals surface area contributed by atoms with Crippen LogP contribution in [0.25, 0.3) is 10.8 Å². The number of nitrogens with one attached hydrogen (secondary N) is 12. The van der Waals surface area contributed by atoms with Crippen LogP contribution in [0.4, 0.5) is 10.5 Å². The van der Waals surface area contributed by atoms with Gasteiger partial charge in [-0.25, -0.2) is 24.0 Å². The highest BCUT2D eigenvalue weighted by molar-refractivity contribution is 6.00. The molecule has 0 heterocycles. The molecule has 0 saturated heterocycles. The lowest BCUT2D eigenvalue weighted by Gasteiger charge is -2.27. The summed E-state index contributed by atoms with van der Waals surface area (Å²) in [6.07, 6.45) is -6.10. The number of carbonyl (C=O) groups excluding carboxylic acids is 9. The normalized spacial score (nSPS) is 13.2. The third-order valence-corrected chi connectivity index (χ3v) is 19.2. The molecule has 0 spiro atoms. The molecule has 0 saturated carbocycles. The number of nitrogens with two attached hydrogens (primary N) is 1. The first-order chi connectivity index (χ1) is 59.7. The van der Waals surface area contributed by atoms with Crippen LogP contribution in [0.15, 0.2) is 109 Å². The van der Waals surface area contributed by atoms with E-state index in [0.29, 0.717) is 27.8 Å². The lowest BCUT2D eigenvalue weighted by Crippen LogP contribution is -2.59. The first kappa shape index (κ1) is 102. The number of hydrogen-bond donors (Lipinski definition) is 25. The van der Waals surface area contributed by atoms with E-state index in [-0.39, 0.29) is 128 Å². The van der Waals surface area contributed by atoms with Gasteiger partial charge in [0.2, 0.25) is 41.4 Å². The number of anilines is 1. The molecule has 26 N–H and O–H groups in total. The van der Waals surface area contributed by atoms with Crippen LogP contribution in [0.5, 0.6) is 17.2 Å². The van der Waals surface area contributed by atoms with Gasteiger partial charge >= 0.3 is 59.8 Å². The van der Waals surface area contributed by atoms with E-state index < -0.39 is 225 Å². The summed E-state index contributed by atoms with van der Waals surface area (Å²) in [6.45, 7) is -1.98. The maximum Gasteiger partial charge on any atom is 0.326 e. The van der Waals surface area contributed by atoms with E-state index in [2.05, 4.69) is 53.2 Å². The predicted molar refractivity (Wildman–Crippen MR) is 442 cm³/mol. The molecule has 0 radical (unpaired) electrons. The summed E-state index contributed by atoms with van der Waals surface area (Å²) >= 11 is 0. The maximum atomic E-state index is 15.1. The highest BCUT2D eigenvalue weighted by Gasteiger charge is 2.35. The van der Waals surface area contributed by atoms with Crippen molar-refractivity contribution in [2.45, 2.75) is 151 Å². The Morgan fingerprint density at radius 3 is 1.31 bits per heavy atom. The van der Waals surface area contributed by atoms with Gasteiger partial charge in [0.1, 0.15) is 71.6 Å². The Balaban J connectivity index is 1.28. The average molecular weight is 1770 g/mol. The van der Waals surface area contributed by atoms with E-state index in [1.54, 1.807) is 48.5 Å². The Bertz CT molecular complexity index is 4620. The molecule has 5 rings (SSSR count). The number of aliphatic carboxylic acids is 9. The zero-order valence-electron chi connectivity index (χ0n) is 68.2. The van der Waals surface area contributed by atoms with Crippen molar-refractivity contribution in [1.82, 2.24) is 73.6 Å². The molecule has 684 valence electrons. The van der Waals surface area contributed by atoms with Gasteiger partial charge in [-0.2, -0.15) is 0 Å². The van der Waals surface area contributed by atoms with Gasteiger partial charge in [0.15, 0.2) is 0 Å². The zero-order chi connectivity index (χ0) is 93.1. The number of nitrogen functional groups attached to an aromatic ring is 1. The topological polar surface area (TPSA) is 727 Å². The van der Waals surface area contributed by atoms with E-state index in [4.69, 9.17) is 15.9 Å². The molecule has 10 amide bonds. The quantitative estimate of drug-likeness (QED) is 0.0143. The number of phenols is 3. The summed E-state index contributed by atoms with van der Waals surface area (Å²) in [6, 6.07) is 10.5. The van der Waals surface area contributed by atoms with E-state index >= 15 is 4.79 Å². The molecule has 0 aliphatic carbocycles. The number of unbranched alkanes of at least 4 members (excludes halogenated alkanes) is 1. The fraction of sp³-hybridized carbons (Fsp3) is 0.432. The Morgan fingerprint density at radius 1 is 0.341 bits per heavy atom. The van der Waals surface area contributed by atoms with Crippen LogP contribution in [-0.2, 0) is 96.0 Å². The monoisotopic (exact) mass is 1770 g/mol. The van der Waals surface area contributed by atoms with Crippen LogP contribution >= 0.6 is 0 Å². The number of carboxylic acid groups (broad SMARTS) is 9. The van der Waals surface area contributed by atoms with Crippen molar-refractivity contribution in [2.75, 3.05) is 77.7 Å². The van der Waals surface area contributed by atoms with Gasteiger partial charge < -0.3 is 131 Å². The van der Waals surface area contributed by atoms with Gasteiger partial charge in [-0.3, -0.25) is 72.1 Å². The second-order valence-corrected chi connectivity index (χ2v) is 29.2. The van der Waals surface area contributed by atoms with Gasteiger partial charge in [-0.05, 0) is 115 Å². The Hall–Kier alpha value is -14.3. The van der Waals surface area contributed by atoms with E-state index in [1.165, 1.54) is 46.2 Å². The summed E-state index contributed by atoms with van der Waals surface area (Å²) in [5.41, 5.74) is 7.20. The van der Waals surface area contributed by atoms with E-state index in [9.17, 15) is 133 Å². The third-order valence-electron chi connectivity index (χ3n) is 19.2. The van der Waals surface area contributed by atoms with Crippen LogP contribution in [0.3, 0.4) is 0 Å². The van der Waals surface area contributed by atoms with Gasteiger partial charge in [0.25, 0.3) is 5.91 Å². The minimum absolute atomic E-state index is 0.00778. The first-order valence-corrected chi connectivity index (χ1v) is 39.7. The predicted octanol–water partition coefficient (Wildman–Crippen LogP) is -2.35. The van der Waals surface area contributed by atoms with E-state index in [0.717, 1.165) is 23.6 Å². The number of carboxylic acids is 9. The molecule has 45 nitrogen and oxygen atoms in total. The molecule has 0 aliphatic heterocycles. The number of benzene rings is 5. The highest BCUT2D eigenvalue weighted by atomic mass is 16.4. The zero-order valence-corrected chi connectivity index (χ0v) is 68.2. The fourth-order valence-corrected chi connectivity index (χ4v) is 12.7. The number of rotatable bonds is 60. The number of fused-ring (bicyclic) bond motifs is 1. The number of phenolic OH excluding ortho intramolecular Hbond substituents is 3. The second-order valence-electron chi connectivity index (χ2n) is 29.2. The summed E-state index contributed by atoms with van der Waals surface area (Å²) in [4.78, 5) is 234. The molecule has 126 heavy (non-hydrogen) atoms. The highest BCUT2D eigenvalue weighted by Crippen LogP contribution is 2.22. The lowest BCUT2D eigenvalue weighted by atomic mass is 9.99. The van der Waals surface area contributed by atoms with E-state index in [1.807, 2.05) is 16.7 Å². The summed E-state index contributed by atoms with van der Waals surface area (Å²) in [5, 5.41) is 148. The number of amides is 10. The summed E-state index contributed by atoms with van der Waals surface area (Å²) < 4.78 is 0. The smallest absolute Gasteiger partial charge is 0.326 e. The molecule has 9 atom stereocenters.